The van der Waals surface area contributed by atoms with E-state index in [4.69, 9.17) is 9.47 Å². The number of hydrogen-bond acceptors (Lipinski definition) is 5. The summed E-state index contributed by atoms with van der Waals surface area (Å²) in [6, 6.07) is 10.2. The summed E-state index contributed by atoms with van der Waals surface area (Å²) in [7, 11) is 0. The molecule has 0 radical (unpaired) electrons. The quantitative estimate of drug-likeness (QED) is 0.653. The highest BCUT2D eigenvalue weighted by atomic mass is 16.6. The van der Waals surface area contributed by atoms with Crippen LogP contribution in [-0.4, -0.2) is 61.8 Å². The molecule has 27 heavy (non-hydrogen) atoms. The lowest BCUT2D eigenvalue weighted by atomic mass is 10.1. The minimum atomic E-state index is -0.795. The van der Waals surface area contributed by atoms with Crippen LogP contribution >= 0.6 is 0 Å². The maximum atomic E-state index is 12.6. The van der Waals surface area contributed by atoms with Crippen LogP contribution in [-0.2, 0) is 19.1 Å². The van der Waals surface area contributed by atoms with Crippen molar-refractivity contribution >= 4 is 17.6 Å². The maximum absolute atomic E-state index is 12.6. The van der Waals surface area contributed by atoms with Crippen molar-refractivity contribution in [2.75, 3.05) is 37.7 Å². The second-order valence-electron chi connectivity index (χ2n) is 7.42. The van der Waals surface area contributed by atoms with Gasteiger partial charge in [-0.1, -0.05) is 32.0 Å². The Kier molecular flexibility index (Phi) is 8.10. The molecule has 1 aliphatic heterocycles. The van der Waals surface area contributed by atoms with E-state index < -0.39 is 18.2 Å². The Morgan fingerprint density at radius 3 is 2.19 bits per heavy atom. The van der Waals surface area contributed by atoms with E-state index in [9.17, 15) is 9.59 Å². The van der Waals surface area contributed by atoms with Gasteiger partial charge < -0.3 is 19.3 Å². The summed E-state index contributed by atoms with van der Waals surface area (Å²) in [6.07, 6.45) is -0.566. The van der Waals surface area contributed by atoms with E-state index in [2.05, 4.69) is 30.9 Å². The van der Waals surface area contributed by atoms with E-state index >= 15 is 0 Å². The van der Waals surface area contributed by atoms with E-state index in [1.807, 2.05) is 18.2 Å². The molecule has 150 valence electrons. The second-order valence-corrected chi connectivity index (χ2v) is 7.42. The zero-order chi connectivity index (χ0) is 19.8. The van der Waals surface area contributed by atoms with E-state index in [-0.39, 0.29) is 5.91 Å². The van der Waals surface area contributed by atoms with Crippen molar-refractivity contribution in [3.8, 4) is 0 Å². The van der Waals surface area contributed by atoms with Crippen molar-refractivity contribution in [3.63, 3.8) is 0 Å². The number of amides is 1. The fourth-order valence-corrected chi connectivity index (χ4v) is 2.95. The summed E-state index contributed by atoms with van der Waals surface area (Å²) in [5.74, 6) is -0.115. The monoisotopic (exact) mass is 376 g/mol. The molecule has 6 nitrogen and oxygen atoms in total. The Balaban J connectivity index is 1.76. The zero-order valence-corrected chi connectivity index (χ0v) is 16.9. The van der Waals surface area contributed by atoms with Gasteiger partial charge >= 0.3 is 5.97 Å². The molecular formula is C21H32N2O4. The van der Waals surface area contributed by atoms with Crippen LogP contribution < -0.4 is 4.90 Å². The first kappa shape index (κ1) is 21.2. The molecule has 0 bridgehead atoms. The van der Waals surface area contributed by atoms with Crippen LogP contribution in [0.15, 0.2) is 30.3 Å². The molecule has 1 aromatic carbocycles. The molecule has 0 aliphatic carbocycles. The molecule has 0 saturated carbocycles. The van der Waals surface area contributed by atoms with Crippen molar-refractivity contribution in [1.82, 2.24) is 4.90 Å². The first-order valence-corrected chi connectivity index (χ1v) is 9.79. The van der Waals surface area contributed by atoms with Gasteiger partial charge in [0.15, 0.2) is 12.2 Å². The van der Waals surface area contributed by atoms with Gasteiger partial charge in [-0.3, -0.25) is 4.79 Å². The van der Waals surface area contributed by atoms with Crippen LogP contribution in [0.25, 0.3) is 0 Å². The summed E-state index contributed by atoms with van der Waals surface area (Å²) < 4.78 is 10.8. The van der Waals surface area contributed by atoms with Crippen LogP contribution in [0.1, 0.15) is 34.1 Å². The number of rotatable bonds is 8. The molecule has 0 N–H and O–H groups in total. The number of piperazine rings is 1. The highest BCUT2D eigenvalue weighted by molar-refractivity contribution is 5.84. The van der Waals surface area contributed by atoms with Gasteiger partial charge in [0.25, 0.3) is 5.91 Å². The predicted octanol–water partition coefficient (Wildman–Crippen LogP) is 2.72. The van der Waals surface area contributed by atoms with E-state index in [1.54, 1.807) is 18.7 Å². The Morgan fingerprint density at radius 2 is 1.59 bits per heavy atom. The number of nitrogens with zero attached hydrogens (tertiary/aromatic N) is 2. The van der Waals surface area contributed by atoms with Crippen molar-refractivity contribution < 1.29 is 19.1 Å². The minimum Gasteiger partial charge on any atom is -0.451 e. The summed E-state index contributed by atoms with van der Waals surface area (Å²) in [5.41, 5.74) is 1.16. The van der Waals surface area contributed by atoms with Gasteiger partial charge in [0.2, 0.25) is 0 Å². The van der Waals surface area contributed by atoms with Crippen LogP contribution in [0.2, 0.25) is 0 Å². The number of ether oxygens (including phenoxy) is 2. The van der Waals surface area contributed by atoms with Crippen molar-refractivity contribution in [3.05, 3.63) is 30.3 Å². The molecule has 1 aromatic rings. The van der Waals surface area contributed by atoms with Gasteiger partial charge in [-0.15, -0.1) is 0 Å². The number of benzene rings is 1. The third kappa shape index (κ3) is 6.54. The smallest absolute Gasteiger partial charge is 0.335 e. The fraction of sp³-hybridized carbons (Fsp3) is 0.619. The van der Waals surface area contributed by atoms with Crippen molar-refractivity contribution in [2.24, 2.45) is 5.92 Å². The van der Waals surface area contributed by atoms with Gasteiger partial charge in [0, 0.05) is 38.5 Å². The van der Waals surface area contributed by atoms with Gasteiger partial charge in [-0.25, -0.2) is 4.79 Å². The number of para-hydroxylation sites is 1. The predicted molar refractivity (Wildman–Crippen MR) is 106 cm³/mol. The Hall–Kier alpha value is -2.08. The van der Waals surface area contributed by atoms with E-state index in [0.29, 0.717) is 25.6 Å². The highest BCUT2D eigenvalue weighted by Crippen LogP contribution is 2.16. The number of carbonyl (C=O) groups is 2. The molecule has 2 unspecified atom stereocenters. The summed E-state index contributed by atoms with van der Waals surface area (Å²) >= 11 is 0. The Bertz CT molecular complexity index is 597. The molecular weight excluding hydrogens is 344 g/mol. The minimum absolute atomic E-state index is 0.148. The Labute approximate surface area is 162 Å². The highest BCUT2D eigenvalue weighted by Gasteiger charge is 2.28. The number of anilines is 1. The molecule has 1 amide bonds. The molecule has 1 heterocycles. The zero-order valence-electron chi connectivity index (χ0n) is 16.9. The second kappa shape index (κ2) is 10.3. The third-order valence-electron chi connectivity index (χ3n) is 4.75. The van der Waals surface area contributed by atoms with Gasteiger partial charge in [-0.2, -0.15) is 0 Å². The van der Waals surface area contributed by atoms with Crippen LogP contribution in [0.5, 0.6) is 0 Å². The molecule has 1 saturated heterocycles. The van der Waals surface area contributed by atoms with Crippen molar-refractivity contribution in [2.45, 2.75) is 46.3 Å². The summed E-state index contributed by atoms with van der Waals surface area (Å²) in [4.78, 5) is 28.7. The average molecular weight is 376 g/mol. The summed E-state index contributed by atoms with van der Waals surface area (Å²) in [6.45, 7) is 10.8. The van der Waals surface area contributed by atoms with E-state index in [1.165, 1.54) is 0 Å². The summed E-state index contributed by atoms with van der Waals surface area (Å²) in [5, 5.41) is 0. The number of esters is 1. The topological polar surface area (TPSA) is 59.1 Å². The Morgan fingerprint density at radius 1 is 0.963 bits per heavy atom. The average Bonchev–Trinajstić information content (AvgIpc) is 2.67. The maximum Gasteiger partial charge on any atom is 0.335 e. The number of carbonyl (C=O) groups excluding carboxylic acids is 2. The lowest BCUT2D eigenvalue weighted by Crippen LogP contribution is -2.52. The third-order valence-corrected chi connectivity index (χ3v) is 4.75. The number of hydrogen-bond donors (Lipinski definition) is 0. The normalized spacial score (nSPS) is 16.9. The fourth-order valence-electron chi connectivity index (χ4n) is 2.95. The molecule has 2 atom stereocenters. The van der Waals surface area contributed by atoms with Crippen LogP contribution in [0.3, 0.4) is 0 Å². The van der Waals surface area contributed by atoms with Gasteiger partial charge in [-0.05, 0) is 38.3 Å². The lowest BCUT2D eigenvalue weighted by Gasteiger charge is -2.37. The molecule has 1 aliphatic rings. The standard InChI is InChI=1S/C21H32N2O4/c1-16(2)10-15-26-18(4)21(25)27-17(3)20(24)23-13-11-22(12-14-23)19-8-6-5-7-9-19/h5-9,16-18H,10-15H2,1-4H3. The first-order valence-electron chi connectivity index (χ1n) is 9.79. The van der Waals surface area contributed by atoms with Crippen LogP contribution in [0, 0.1) is 5.92 Å². The lowest BCUT2D eigenvalue weighted by molar-refractivity contribution is -0.168. The molecule has 2 rings (SSSR count). The molecule has 0 spiro atoms. The molecule has 6 heteroatoms. The SMILES string of the molecule is CC(C)CCOC(C)C(=O)OC(C)C(=O)N1CCN(c2ccccc2)CC1. The van der Waals surface area contributed by atoms with Gasteiger partial charge in [0.05, 0.1) is 0 Å². The van der Waals surface area contributed by atoms with E-state index in [0.717, 1.165) is 25.2 Å². The van der Waals surface area contributed by atoms with Crippen molar-refractivity contribution in [1.29, 1.82) is 0 Å². The largest absolute Gasteiger partial charge is 0.451 e. The van der Waals surface area contributed by atoms with Crippen LogP contribution in [0.4, 0.5) is 5.69 Å². The molecule has 1 fully saturated rings. The van der Waals surface area contributed by atoms with Gasteiger partial charge in [0.1, 0.15) is 0 Å². The molecule has 0 aromatic heterocycles. The first-order chi connectivity index (χ1) is 12.9.